The summed E-state index contributed by atoms with van der Waals surface area (Å²) >= 11 is 0. The summed E-state index contributed by atoms with van der Waals surface area (Å²) in [7, 11) is 0. The van der Waals surface area contributed by atoms with E-state index in [1.54, 1.807) is 24.0 Å². The molecule has 0 aromatic heterocycles. The van der Waals surface area contributed by atoms with Crippen LogP contribution in [0.1, 0.15) is 24.2 Å². The number of ether oxygens (including phenoxy) is 1. The first-order chi connectivity index (χ1) is 10.6. The number of nitrogens with zero attached hydrogens (tertiary/aromatic N) is 1. The predicted octanol–water partition coefficient (Wildman–Crippen LogP) is 2.71. The van der Waals surface area contributed by atoms with Crippen molar-refractivity contribution in [3.05, 3.63) is 59.7 Å². The van der Waals surface area contributed by atoms with E-state index in [0.717, 1.165) is 17.7 Å². The van der Waals surface area contributed by atoms with Crippen LogP contribution in [-0.2, 0) is 11.2 Å². The zero-order valence-electron chi connectivity index (χ0n) is 12.5. The predicted molar refractivity (Wildman–Crippen MR) is 85.1 cm³/mol. The van der Waals surface area contributed by atoms with Gasteiger partial charge in [-0.25, -0.2) is 0 Å². The lowest BCUT2D eigenvalue weighted by Crippen LogP contribution is -2.33. The molecule has 1 aliphatic heterocycles. The Morgan fingerprint density at radius 3 is 2.91 bits per heavy atom. The fourth-order valence-corrected chi connectivity index (χ4v) is 2.68. The Balaban J connectivity index is 1.65. The average Bonchev–Trinajstić information content (AvgIpc) is 2.97. The summed E-state index contributed by atoms with van der Waals surface area (Å²) in [6, 6.07) is 15.1. The molecule has 4 nitrogen and oxygen atoms in total. The average molecular weight is 297 g/mol. The standard InChI is InChI=1S/C18H19NO3/c1-13(20)15-6-4-7-16(11-15)22-12-18(21)19-10-9-14-5-2-3-8-17(14)19/h2-8,11,13,20H,9-10,12H2,1H3. The van der Waals surface area contributed by atoms with Gasteiger partial charge in [-0.2, -0.15) is 0 Å². The highest BCUT2D eigenvalue weighted by atomic mass is 16.5. The number of benzene rings is 2. The van der Waals surface area contributed by atoms with Crippen molar-refractivity contribution in [2.75, 3.05) is 18.1 Å². The van der Waals surface area contributed by atoms with Crippen molar-refractivity contribution in [1.82, 2.24) is 0 Å². The van der Waals surface area contributed by atoms with Crippen molar-refractivity contribution in [3.8, 4) is 5.75 Å². The number of aliphatic hydroxyl groups excluding tert-OH is 1. The first kappa shape index (κ1) is 14.6. The van der Waals surface area contributed by atoms with Gasteiger partial charge in [0.2, 0.25) is 0 Å². The van der Waals surface area contributed by atoms with Crippen molar-refractivity contribution < 1.29 is 14.6 Å². The van der Waals surface area contributed by atoms with E-state index in [0.29, 0.717) is 12.3 Å². The van der Waals surface area contributed by atoms with Crippen LogP contribution in [-0.4, -0.2) is 24.2 Å². The lowest BCUT2D eigenvalue weighted by molar-refractivity contribution is -0.120. The molecule has 1 heterocycles. The summed E-state index contributed by atoms with van der Waals surface area (Å²) < 4.78 is 5.58. The smallest absolute Gasteiger partial charge is 0.264 e. The maximum absolute atomic E-state index is 12.4. The van der Waals surface area contributed by atoms with Gasteiger partial charge < -0.3 is 14.7 Å². The topological polar surface area (TPSA) is 49.8 Å². The molecule has 0 fully saturated rings. The Morgan fingerprint density at radius 2 is 2.09 bits per heavy atom. The third-order valence-corrected chi connectivity index (χ3v) is 3.89. The third kappa shape index (κ3) is 2.97. The third-order valence-electron chi connectivity index (χ3n) is 3.89. The van der Waals surface area contributed by atoms with Crippen LogP contribution in [0.4, 0.5) is 5.69 Å². The van der Waals surface area contributed by atoms with Gasteiger partial charge in [0.05, 0.1) is 6.10 Å². The van der Waals surface area contributed by atoms with E-state index in [1.165, 1.54) is 5.56 Å². The van der Waals surface area contributed by atoms with Crippen LogP contribution in [0.15, 0.2) is 48.5 Å². The molecule has 4 heteroatoms. The molecule has 1 N–H and O–H groups in total. The number of fused-ring (bicyclic) bond motifs is 1. The van der Waals surface area contributed by atoms with E-state index in [4.69, 9.17) is 4.74 Å². The van der Waals surface area contributed by atoms with Gasteiger partial charge in [0.1, 0.15) is 5.75 Å². The van der Waals surface area contributed by atoms with Gasteiger partial charge in [0.15, 0.2) is 6.61 Å². The number of amides is 1. The van der Waals surface area contributed by atoms with Gasteiger partial charge in [0.25, 0.3) is 5.91 Å². The summed E-state index contributed by atoms with van der Waals surface area (Å²) in [6.45, 7) is 2.40. The first-order valence-electron chi connectivity index (χ1n) is 7.44. The van der Waals surface area contributed by atoms with Crippen LogP contribution in [0.5, 0.6) is 5.75 Å². The molecule has 0 spiro atoms. The molecule has 22 heavy (non-hydrogen) atoms. The highest BCUT2D eigenvalue weighted by Gasteiger charge is 2.24. The molecular weight excluding hydrogens is 278 g/mol. The second kappa shape index (κ2) is 6.20. The van der Waals surface area contributed by atoms with Crippen LogP contribution >= 0.6 is 0 Å². The van der Waals surface area contributed by atoms with Gasteiger partial charge in [-0.15, -0.1) is 0 Å². The zero-order valence-corrected chi connectivity index (χ0v) is 12.5. The molecule has 2 aromatic rings. The number of para-hydroxylation sites is 1. The molecule has 1 aliphatic rings. The fraction of sp³-hybridized carbons (Fsp3) is 0.278. The van der Waals surface area contributed by atoms with Crippen molar-refractivity contribution in [2.45, 2.75) is 19.4 Å². The maximum Gasteiger partial charge on any atom is 0.264 e. The van der Waals surface area contributed by atoms with Crippen molar-refractivity contribution in [2.24, 2.45) is 0 Å². The van der Waals surface area contributed by atoms with E-state index < -0.39 is 6.10 Å². The first-order valence-corrected chi connectivity index (χ1v) is 7.44. The fourth-order valence-electron chi connectivity index (χ4n) is 2.68. The lowest BCUT2D eigenvalue weighted by atomic mass is 10.1. The summed E-state index contributed by atoms with van der Waals surface area (Å²) in [4.78, 5) is 14.1. The number of carbonyl (C=O) groups excluding carboxylic acids is 1. The molecule has 1 amide bonds. The van der Waals surface area contributed by atoms with Crippen LogP contribution in [0.25, 0.3) is 0 Å². The number of rotatable bonds is 4. The second-order valence-corrected chi connectivity index (χ2v) is 5.46. The lowest BCUT2D eigenvalue weighted by Gasteiger charge is -2.17. The Hall–Kier alpha value is -2.33. The highest BCUT2D eigenvalue weighted by Crippen LogP contribution is 2.27. The SMILES string of the molecule is CC(O)c1cccc(OCC(=O)N2CCc3ccccc32)c1. The van der Waals surface area contributed by atoms with E-state index in [-0.39, 0.29) is 12.5 Å². The van der Waals surface area contributed by atoms with E-state index in [9.17, 15) is 9.90 Å². The Labute approximate surface area is 130 Å². The van der Waals surface area contributed by atoms with Crippen LogP contribution in [0.2, 0.25) is 0 Å². The number of carbonyl (C=O) groups is 1. The minimum Gasteiger partial charge on any atom is -0.484 e. The maximum atomic E-state index is 12.4. The number of hydrogen-bond acceptors (Lipinski definition) is 3. The molecular formula is C18H19NO3. The largest absolute Gasteiger partial charge is 0.484 e. The van der Waals surface area contributed by atoms with Gasteiger partial charge in [-0.1, -0.05) is 30.3 Å². The molecule has 2 aromatic carbocycles. The molecule has 0 saturated heterocycles. The molecule has 0 radical (unpaired) electrons. The molecule has 0 saturated carbocycles. The van der Waals surface area contributed by atoms with E-state index >= 15 is 0 Å². The quantitative estimate of drug-likeness (QED) is 0.944. The number of aliphatic hydroxyl groups is 1. The molecule has 1 atom stereocenters. The van der Waals surface area contributed by atoms with Gasteiger partial charge in [-0.3, -0.25) is 4.79 Å². The number of anilines is 1. The summed E-state index contributed by atoms with van der Waals surface area (Å²) in [5.41, 5.74) is 2.96. The summed E-state index contributed by atoms with van der Waals surface area (Å²) in [6.07, 6.45) is 0.337. The van der Waals surface area contributed by atoms with Crippen molar-refractivity contribution in [3.63, 3.8) is 0 Å². The van der Waals surface area contributed by atoms with Crippen molar-refractivity contribution >= 4 is 11.6 Å². The zero-order chi connectivity index (χ0) is 15.5. The molecule has 3 rings (SSSR count). The molecule has 114 valence electrons. The monoisotopic (exact) mass is 297 g/mol. The Bertz CT molecular complexity index is 682. The van der Waals surface area contributed by atoms with Crippen LogP contribution < -0.4 is 9.64 Å². The van der Waals surface area contributed by atoms with Gasteiger partial charge in [-0.05, 0) is 42.7 Å². The minimum absolute atomic E-state index is 0.00238. The molecule has 1 unspecified atom stereocenters. The van der Waals surface area contributed by atoms with Gasteiger partial charge in [0, 0.05) is 12.2 Å². The van der Waals surface area contributed by atoms with Crippen LogP contribution in [0, 0.1) is 0 Å². The van der Waals surface area contributed by atoms with Crippen LogP contribution in [0.3, 0.4) is 0 Å². The Kier molecular flexibility index (Phi) is 4.11. The molecule has 0 aliphatic carbocycles. The minimum atomic E-state index is -0.551. The van der Waals surface area contributed by atoms with Crippen molar-refractivity contribution in [1.29, 1.82) is 0 Å². The normalized spacial score (nSPS) is 14.5. The van der Waals surface area contributed by atoms with Gasteiger partial charge >= 0.3 is 0 Å². The summed E-state index contributed by atoms with van der Waals surface area (Å²) in [5, 5.41) is 9.58. The molecule has 0 bridgehead atoms. The Morgan fingerprint density at radius 1 is 1.27 bits per heavy atom. The van der Waals surface area contributed by atoms with E-state index in [1.807, 2.05) is 30.3 Å². The van der Waals surface area contributed by atoms with E-state index in [2.05, 4.69) is 6.07 Å². The summed E-state index contributed by atoms with van der Waals surface area (Å²) in [5.74, 6) is 0.548. The number of hydrogen-bond donors (Lipinski definition) is 1. The highest BCUT2D eigenvalue weighted by molar-refractivity contribution is 5.96. The second-order valence-electron chi connectivity index (χ2n) is 5.46.